The summed E-state index contributed by atoms with van der Waals surface area (Å²) in [7, 11) is 0. The van der Waals surface area contributed by atoms with Gasteiger partial charge in [-0.1, -0.05) is 0 Å². The van der Waals surface area contributed by atoms with Crippen LogP contribution in [0.4, 0.5) is 5.82 Å². The van der Waals surface area contributed by atoms with Crippen molar-refractivity contribution in [1.82, 2.24) is 34.6 Å². The van der Waals surface area contributed by atoms with Crippen molar-refractivity contribution in [3.63, 3.8) is 0 Å². The van der Waals surface area contributed by atoms with Gasteiger partial charge in [0.15, 0.2) is 17.3 Å². The van der Waals surface area contributed by atoms with Crippen molar-refractivity contribution in [3.8, 4) is 11.5 Å². The molecule has 154 valence electrons. The summed E-state index contributed by atoms with van der Waals surface area (Å²) in [6.07, 6.45) is 9.02. The maximum atomic E-state index is 5.93. The average Bonchev–Trinajstić information content (AvgIpc) is 3.50. The van der Waals surface area contributed by atoms with Crippen LogP contribution >= 0.6 is 0 Å². The van der Waals surface area contributed by atoms with Gasteiger partial charge >= 0.3 is 0 Å². The summed E-state index contributed by atoms with van der Waals surface area (Å²) in [5.74, 6) is 0.945. The fourth-order valence-corrected chi connectivity index (χ4v) is 4.91. The van der Waals surface area contributed by atoms with E-state index in [0.717, 1.165) is 30.7 Å². The molecule has 9 heteroatoms. The summed E-state index contributed by atoms with van der Waals surface area (Å²) >= 11 is 0. The highest BCUT2D eigenvalue weighted by Gasteiger charge is 2.29. The van der Waals surface area contributed by atoms with Crippen molar-refractivity contribution in [2.24, 2.45) is 0 Å². The molecule has 0 unspecified atom stereocenters. The number of pyridine rings is 1. The van der Waals surface area contributed by atoms with Crippen LogP contribution in [-0.4, -0.2) is 66.9 Å². The molecule has 3 aromatic rings. The van der Waals surface area contributed by atoms with Gasteiger partial charge in [0.05, 0.1) is 11.7 Å². The molecule has 0 bridgehead atoms. The van der Waals surface area contributed by atoms with E-state index in [2.05, 4.69) is 36.6 Å². The first kappa shape index (κ1) is 18.5. The molecule has 29 heavy (non-hydrogen) atoms. The van der Waals surface area contributed by atoms with Crippen molar-refractivity contribution < 1.29 is 4.63 Å². The summed E-state index contributed by atoms with van der Waals surface area (Å²) in [4.78, 5) is 14.5. The fraction of sp³-hybridized carbons (Fsp3) is 0.600. The molecule has 2 aliphatic heterocycles. The molecule has 0 saturated carbocycles. The highest BCUT2D eigenvalue weighted by atomic mass is 16.6. The van der Waals surface area contributed by atoms with E-state index < -0.39 is 0 Å². The third-order valence-electron chi connectivity index (χ3n) is 6.31. The highest BCUT2D eigenvalue weighted by Crippen LogP contribution is 2.30. The van der Waals surface area contributed by atoms with Crippen molar-refractivity contribution in [3.05, 3.63) is 18.0 Å². The Bertz CT molecular complexity index is 990. The lowest BCUT2D eigenvalue weighted by molar-refractivity contribution is 0.185. The van der Waals surface area contributed by atoms with Crippen LogP contribution in [0.1, 0.15) is 38.2 Å². The number of hydrogen-bond donors (Lipinski definition) is 1. The molecule has 3 aromatic heterocycles. The molecule has 2 saturated heterocycles. The van der Waals surface area contributed by atoms with Gasteiger partial charge in [-0.05, 0) is 62.6 Å². The Morgan fingerprint density at radius 1 is 1.14 bits per heavy atom. The lowest BCUT2D eigenvalue weighted by Crippen LogP contribution is -2.39. The minimum absolute atomic E-state index is 0.259. The molecular formula is C20H28N8O. The molecule has 0 spiro atoms. The molecule has 2 aliphatic rings. The SMILES string of the molecule is CCn1c(-c2nonc2N)nc2cncc(CN3CCC[C@H]3CN3CCCC3)c21. The van der Waals surface area contributed by atoms with Gasteiger partial charge in [0.25, 0.3) is 0 Å². The molecule has 0 amide bonds. The summed E-state index contributed by atoms with van der Waals surface area (Å²) in [5, 5.41) is 7.67. The molecule has 2 N–H and O–H groups in total. The predicted octanol–water partition coefficient (Wildman–Crippen LogP) is 2.14. The van der Waals surface area contributed by atoms with Gasteiger partial charge in [0.2, 0.25) is 0 Å². The van der Waals surface area contributed by atoms with E-state index in [1.807, 2.05) is 12.4 Å². The normalized spacial score (nSPS) is 20.9. The predicted molar refractivity (Wildman–Crippen MR) is 110 cm³/mol. The quantitative estimate of drug-likeness (QED) is 0.676. The topological polar surface area (TPSA) is 102 Å². The number of rotatable bonds is 6. The van der Waals surface area contributed by atoms with Gasteiger partial charge in [0.1, 0.15) is 5.52 Å². The monoisotopic (exact) mass is 396 g/mol. The Morgan fingerprint density at radius 3 is 2.76 bits per heavy atom. The maximum Gasteiger partial charge on any atom is 0.199 e. The van der Waals surface area contributed by atoms with Gasteiger partial charge in [-0.3, -0.25) is 9.88 Å². The zero-order valence-electron chi connectivity index (χ0n) is 16.9. The van der Waals surface area contributed by atoms with Gasteiger partial charge in [-0.15, -0.1) is 0 Å². The summed E-state index contributed by atoms with van der Waals surface area (Å²) in [5.41, 5.74) is 9.59. The third kappa shape index (κ3) is 3.38. The zero-order valence-corrected chi connectivity index (χ0v) is 16.9. The van der Waals surface area contributed by atoms with Crippen LogP contribution in [0.2, 0.25) is 0 Å². The van der Waals surface area contributed by atoms with Crippen molar-refractivity contribution in [2.45, 2.75) is 51.7 Å². The van der Waals surface area contributed by atoms with E-state index in [-0.39, 0.29) is 5.82 Å². The number of nitrogen functional groups attached to an aromatic ring is 1. The van der Waals surface area contributed by atoms with Crippen LogP contribution in [0.25, 0.3) is 22.6 Å². The summed E-state index contributed by atoms with van der Waals surface area (Å²) in [6, 6.07) is 0.621. The van der Waals surface area contributed by atoms with Gasteiger partial charge in [-0.25, -0.2) is 9.61 Å². The van der Waals surface area contributed by atoms with Crippen LogP contribution in [0.5, 0.6) is 0 Å². The van der Waals surface area contributed by atoms with Crippen LogP contribution < -0.4 is 5.73 Å². The maximum absolute atomic E-state index is 5.93. The number of likely N-dealkylation sites (tertiary alicyclic amines) is 2. The van der Waals surface area contributed by atoms with Gasteiger partial charge < -0.3 is 15.2 Å². The second-order valence-electron chi connectivity index (χ2n) is 8.12. The number of aromatic nitrogens is 5. The molecular weight excluding hydrogens is 368 g/mol. The van der Waals surface area contributed by atoms with Crippen LogP contribution in [-0.2, 0) is 13.1 Å². The second kappa shape index (κ2) is 7.72. The van der Waals surface area contributed by atoms with Crippen molar-refractivity contribution in [2.75, 3.05) is 31.9 Å². The van der Waals surface area contributed by atoms with Crippen LogP contribution in [0.15, 0.2) is 17.0 Å². The Hall–Kier alpha value is -2.52. The third-order valence-corrected chi connectivity index (χ3v) is 6.31. The Morgan fingerprint density at radius 2 is 2.00 bits per heavy atom. The average molecular weight is 396 g/mol. The lowest BCUT2D eigenvalue weighted by atomic mass is 10.1. The van der Waals surface area contributed by atoms with E-state index in [4.69, 9.17) is 15.3 Å². The number of imidazole rings is 1. The van der Waals surface area contributed by atoms with Gasteiger partial charge in [-0.2, -0.15) is 0 Å². The molecule has 2 fully saturated rings. The molecule has 9 nitrogen and oxygen atoms in total. The van der Waals surface area contributed by atoms with E-state index in [9.17, 15) is 0 Å². The molecule has 0 radical (unpaired) electrons. The fourth-order valence-electron chi connectivity index (χ4n) is 4.91. The van der Waals surface area contributed by atoms with Crippen LogP contribution in [0, 0.1) is 0 Å². The first-order valence-electron chi connectivity index (χ1n) is 10.6. The first-order chi connectivity index (χ1) is 14.2. The number of anilines is 1. The Kier molecular flexibility index (Phi) is 4.92. The molecule has 1 atom stereocenters. The number of nitrogens with two attached hydrogens (primary N) is 1. The highest BCUT2D eigenvalue weighted by molar-refractivity contribution is 5.83. The van der Waals surface area contributed by atoms with Crippen LogP contribution in [0.3, 0.4) is 0 Å². The zero-order chi connectivity index (χ0) is 19.8. The Labute approximate surface area is 169 Å². The lowest BCUT2D eigenvalue weighted by Gasteiger charge is -2.28. The van der Waals surface area contributed by atoms with E-state index in [1.165, 1.54) is 50.9 Å². The number of fused-ring (bicyclic) bond motifs is 1. The largest absolute Gasteiger partial charge is 0.379 e. The minimum Gasteiger partial charge on any atom is -0.379 e. The standard InChI is InChI=1S/C20H28N8O/c1-2-28-18-14(12-27-9-5-6-15(27)13-26-7-3-4-8-26)10-22-11-16(18)23-20(28)17-19(21)25-29-24-17/h10-11,15H,2-9,12-13H2,1H3,(H2,21,25)/t15-/m0/s1. The van der Waals surface area contributed by atoms with E-state index >= 15 is 0 Å². The van der Waals surface area contributed by atoms with Gasteiger partial charge in [0, 0.05) is 37.4 Å². The van der Waals surface area contributed by atoms with Crippen molar-refractivity contribution in [1.29, 1.82) is 0 Å². The number of hydrogen-bond acceptors (Lipinski definition) is 8. The Balaban J connectivity index is 1.47. The van der Waals surface area contributed by atoms with E-state index in [1.54, 1.807) is 0 Å². The molecule has 5 rings (SSSR count). The number of nitrogens with zero attached hydrogens (tertiary/aromatic N) is 7. The summed E-state index contributed by atoms with van der Waals surface area (Å²) < 4.78 is 6.95. The molecule has 0 aliphatic carbocycles. The molecule has 0 aromatic carbocycles. The number of aryl methyl sites for hydroxylation is 1. The minimum atomic E-state index is 0.259. The first-order valence-corrected chi connectivity index (χ1v) is 10.6. The summed E-state index contributed by atoms with van der Waals surface area (Å²) in [6.45, 7) is 8.57. The molecule has 5 heterocycles. The van der Waals surface area contributed by atoms with Crippen molar-refractivity contribution >= 4 is 16.9 Å². The van der Waals surface area contributed by atoms with E-state index in [0.29, 0.717) is 17.6 Å². The second-order valence-corrected chi connectivity index (χ2v) is 8.12. The smallest absolute Gasteiger partial charge is 0.199 e.